The fraction of sp³-hybridized carbons (Fsp3) is 0.296. The van der Waals surface area contributed by atoms with Crippen molar-refractivity contribution in [1.82, 2.24) is 14.5 Å². The van der Waals surface area contributed by atoms with Crippen molar-refractivity contribution < 1.29 is 31.6 Å². The predicted octanol–water partition coefficient (Wildman–Crippen LogP) is 2.76. The number of methoxy groups -OCH3 is 1. The van der Waals surface area contributed by atoms with Crippen LogP contribution >= 0.6 is 0 Å². The molecule has 1 aliphatic heterocycles. The smallest absolute Gasteiger partial charge is 0.261 e. The van der Waals surface area contributed by atoms with Gasteiger partial charge in [-0.25, -0.2) is 26.6 Å². The van der Waals surface area contributed by atoms with E-state index in [4.69, 9.17) is 4.74 Å². The lowest BCUT2D eigenvalue weighted by Crippen LogP contribution is -2.53. The molecule has 1 unspecified atom stereocenters. The summed E-state index contributed by atoms with van der Waals surface area (Å²) >= 11 is 0. The standard InChI is InChI=1S/C27H31N3O7S2/c1-37-24-11-7-21(8-12-24)22-9-13-25(14-10-22)39(35,36)29-26(27(31)28-32)23-15-17-30(18-16-23)38(33,34)19-20-5-3-2-4-6-20/h2-14,23,26,29,32H,15-19H2,1H3,(H,28,31). The maximum absolute atomic E-state index is 13.2. The Bertz CT molecular complexity index is 1470. The largest absolute Gasteiger partial charge is 0.497 e. The molecule has 208 valence electrons. The summed E-state index contributed by atoms with van der Waals surface area (Å²) in [7, 11) is -6.14. The summed E-state index contributed by atoms with van der Waals surface area (Å²) in [5, 5.41) is 9.30. The SMILES string of the molecule is COc1ccc(-c2ccc(S(=O)(=O)NC(C(=O)NO)C3CCN(S(=O)(=O)Cc4ccccc4)CC3)cc2)cc1. The Morgan fingerprint density at radius 1 is 0.923 bits per heavy atom. The van der Waals surface area contributed by atoms with E-state index in [2.05, 4.69) is 4.72 Å². The summed E-state index contributed by atoms with van der Waals surface area (Å²) in [6.45, 7) is 0.265. The zero-order valence-corrected chi connectivity index (χ0v) is 23.0. The van der Waals surface area contributed by atoms with Gasteiger partial charge in [0.15, 0.2) is 0 Å². The van der Waals surface area contributed by atoms with Gasteiger partial charge in [0, 0.05) is 13.1 Å². The van der Waals surface area contributed by atoms with Crippen LogP contribution in [0, 0.1) is 5.92 Å². The third-order valence-corrected chi connectivity index (χ3v) is 10.1. The van der Waals surface area contributed by atoms with Crippen LogP contribution in [0.25, 0.3) is 11.1 Å². The highest BCUT2D eigenvalue weighted by molar-refractivity contribution is 7.89. The molecule has 3 aromatic rings. The van der Waals surface area contributed by atoms with Crippen molar-refractivity contribution in [3.8, 4) is 16.9 Å². The molecule has 0 aliphatic carbocycles. The Kier molecular flexibility index (Phi) is 9.03. The molecule has 12 heteroatoms. The fourth-order valence-corrected chi connectivity index (χ4v) is 7.47. The maximum Gasteiger partial charge on any atom is 0.261 e. The second-order valence-corrected chi connectivity index (χ2v) is 13.0. The molecule has 3 N–H and O–H groups in total. The Hall–Kier alpha value is -3.29. The molecule has 1 amide bonds. The number of benzene rings is 3. The topological polar surface area (TPSA) is 142 Å². The molecule has 1 saturated heterocycles. The van der Waals surface area contributed by atoms with E-state index in [9.17, 15) is 26.8 Å². The molecule has 1 heterocycles. The Morgan fingerprint density at radius 2 is 1.49 bits per heavy atom. The van der Waals surface area contributed by atoms with Crippen LogP contribution in [0.1, 0.15) is 18.4 Å². The molecule has 0 spiro atoms. The molecular weight excluding hydrogens is 542 g/mol. The molecule has 10 nitrogen and oxygen atoms in total. The number of sulfonamides is 2. The van der Waals surface area contributed by atoms with Crippen molar-refractivity contribution in [1.29, 1.82) is 0 Å². The first-order valence-corrected chi connectivity index (χ1v) is 15.4. The molecule has 1 fully saturated rings. The van der Waals surface area contributed by atoms with E-state index in [1.807, 2.05) is 18.2 Å². The zero-order chi connectivity index (χ0) is 28.0. The van der Waals surface area contributed by atoms with Crippen LogP contribution in [0.3, 0.4) is 0 Å². The number of nitrogens with one attached hydrogen (secondary N) is 2. The lowest BCUT2D eigenvalue weighted by molar-refractivity contribution is -0.132. The van der Waals surface area contributed by atoms with Gasteiger partial charge in [-0.05, 0) is 59.7 Å². The van der Waals surface area contributed by atoms with Gasteiger partial charge in [0.05, 0.1) is 17.8 Å². The average Bonchev–Trinajstić information content (AvgIpc) is 2.96. The van der Waals surface area contributed by atoms with E-state index >= 15 is 0 Å². The number of carbonyl (C=O) groups is 1. The molecule has 0 saturated carbocycles. The first kappa shape index (κ1) is 28.7. The van der Waals surface area contributed by atoms with E-state index in [0.717, 1.165) is 11.1 Å². The minimum atomic E-state index is -4.13. The lowest BCUT2D eigenvalue weighted by atomic mass is 9.90. The van der Waals surface area contributed by atoms with Gasteiger partial charge in [-0.3, -0.25) is 10.0 Å². The van der Waals surface area contributed by atoms with Gasteiger partial charge in [-0.1, -0.05) is 54.6 Å². The van der Waals surface area contributed by atoms with E-state index in [1.165, 1.54) is 16.4 Å². The van der Waals surface area contributed by atoms with Crippen LogP contribution in [-0.4, -0.2) is 58.5 Å². The van der Waals surface area contributed by atoms with E-state index in [1.54, 1.807) is 61.1 Å². The first-order chi connectivity index (χ1) is 18.6. The van der Waals surface area contributed by atoms with Crippen LogP contribution in [0.5, 0.6) is 5.75 Å². The highest BCUT2D eigenvalue weighted by Gasteiger charge is 2.37. The highest BCUT2D eigenvalue weighted by atomic mass is 32.2. The summed E-state index contributed by atoms with van der Waals surface area (Å²) in [5.74, 6) is -0.860. The Morgan fingerprint density at radius 3 is 2.03 bits per heavy atom. The summed E-state index contributed by atoms with van der Waals surface area (Å²) in [4.78, 5) is 12.5. The van der Waals surface area contributed by atoms with Gasteiger partial charge >= 0.3 is 0 Å². The number of hydroxylamine groups is 1. The second kappa shape index (κ2) is 12.3. The van der Waals surface area contributed by atoms with Crippen molar-refractivity contribution in [3.63, 3.8) is 0 Å². The zero-order valence-electron chi connectivity index (χ0n) is 21.4. The van der Waals surface area contributed by atoms with Gasteiger partial charge < -0.3 is 4.74 Å². The van der Waals surface area contributed by atoms with Gasteiger partial charge in [0.25, 0.3) is 5.91 Å². The summed E-state index contributed by atoms with van der Waals surface area (Å²) in [6.07, 6.45) is 0.482. The molecule has 4 rings (SSSR count). The average molecular weight is 574 g/mol. The maximum atomic E-state index is 13.2. The van der Waals surface area contributed by atoms with Gasteiger partial charge in [0.1, 0.15) is 11.8 Å². The molecule has 1 aliphatic rings. The number of nitrogens with zero attached hydrogens (tertiary/aromatic N) is 1. The minimum Gasteiger partial charge on any atom is -0.497 e. The fourth-order valence-electron chi connectivity index (χ4n) is 4.64. The van der Waals surface area contributed by atoms with Crippen molar-refractivity contribution in [2.24, 2.45) is 5.92 Å². The van der Waals surface area contributed by atoms with E-state index in [-0.39, 0.29) is 36.6 Å². The number of amides is 1. The first-order valence-electron chi connectivity index (χ1n) is 12.4. The van der Waals surface area contributed by atoms with E-state index < -0.39 is 37.9 Å². The monoisotopic (exact) mass is 573 g/mol. The minimum absolute atomic E-state index is 0.0432. The molecule has 0 radical (unpaired) electrons. The second-order valence-electron chi connectivity index (χ2n) is 9.31. The quantitative estimate of drug-likeness (QED) is 0.250. The number of piperidine rings is 1. The van der Waals surface area contributed by atoms with Crippen molar-refractivity contribution in [3.05, 3.63) is 84.4 Å². The lowest BCUT2D eigenvalue weighted by Gasteiger charge is -2.34. The van der Waals surface area contributed by atoms with Crippen LogP contribution in [0.4, 0.5) is 0 Å². The molecule has 1 atom stereocenters. The summed E-state index contributed by atoms with van der Waals surface area (Å²) < 4.78 is 61.0. The molecular formula is C27H31N3O7S2. The molecule has 39 heavy (non-hydrogen) atoms. The van der Waals surface area contributed by atoms with Crippen molar-refractivity contribution in [2.45, 2.75) is 29.5 Å². The molecule has 0 aromatic heterocycles. The predicted molar refractivity (Wildman–Crippen MR) is 146 cm³/mol. The van der Waals surface area contributed by atoms with Crippen LogP contribution < -0.4 is 14.9 Å². The van der Waals surface area contributed by atoms with Crippen LogP contribution in [0.2, 0.25) is 0 Å². The van der Waals surface area contributed by atoms with Crippen molar-refractivity contribution >= 4 is 26.0 Å². The van der Waals surface area contributed by atoms with Gasteiger partial charge in [0.2, 0.25) is 20.0 Å². The Balaban J connectivity index is 1.44. The van der Waals surface area contributed by atoms with E-state index in [0.29, 0.717) is 11.3 Å². The highest BCUT2D eigenvalue weighted by Crippen LogP contribution is 2.27. The number of rotatable bonds is 10. The Labute approximate surface area is 228 Å². The number of hydrogen-bond donors (Lipinski definition) is 3. The number of hydrogen-bond acceptors (Lipinski definition) is 7. The number of carbonyl (C=O) groups excluding carboxylic acids is 1. The van der Waals surface area contributed by atoms with Gasteiger partial charge in [-0.2, -0.15) is 4.72 Å². The number of ether oxygens (including phenoxy) is 1. The third-order valence-electron chi connectivity index (χ3n) is 6.82. The van der Waals surface area contributed by atoms with Gasteiger partial charge in [-0.15, -0.1) is 0 Å². The molecule has 3 aromatic carbocycles. The van der Waals surface area contributed by atoms with Crippen LogP contribution in [-0.2, 0) is 30.6 Å². The third kappa shape index (κ3) is 7.02. The summed E-state index contributed by atoms with van der Waals surface area (Å²) in [6, 6.07) is 21.1. The normalized spacial score (nSPS) is 15.9. The van der Waals surface area contributed by atoms with Crippen LogP contribution in [0.15, 0.2) is 83.8 Å². The summed E-state index contributed by atoms with van der Waals surface area (Å²) in [5.41, 5.74) is 3.88. The molecule has 0 bridgehead atoms. The van der Waals surface area contributed by atoms with Crippen molar-refractivity contribution in [2.75, 3.05) is 20.2 Å².